The number of carbonyl (C=O) groups excluding carboxylic acids is 1. The first-order valence-electron chi connectivity index (χ1n) is 5.54. The van der Waals surface area contributed by atoms with Gasteiger partial charge in [0, 0.05) is 6.07 Å². The molecule has 0 unspecified atom stereocenters. The predicted octanol–water partition coefficient (Wildman–Crippen LogP) is 0.821. The Labute approximate surface area is 111 Å². The average molecular weight is 274 g/mol. The molecular weight excluding hydrogens is 264 g/mol. The Hall–Kier alpha value is -2.25. The second-order valence-electron chi connectivity index (χ2n) is 4.14. The lowest BCUT2D eigenvalue weighted by atomic mass is 10.2. The third-order valence-electron chi connectivity index (χ3n) is 2.82. The highest BCUT2D eigenvalue weighted by molar-refractivity contribution is 7.23. The molecule has 0 aliphatic heterocycles. The molecule has 2 aromatic heterocycles. The van der Waals surface area contributed by atoms with Crippen LogP contribution in [0.3, 0.4) is 0 Å². The van der Waals surface area contributed by atoms with Crippen LogP contribution in [0.2, 0.25) is 0 Å². The molecule has 0 radical (unpaired) electrons. The van der Waals surface area contributed by atoms with E-state index in [1.807, 2.05) is 30.5 Å². The number of hydrogen-bond donors (Lipinski definition) is 2. The number of nitrogens with zero attached hydrogens (tertiary/aromatic N) is 2. The quantitative estimate of drug-likeness (QED) is 0.390. The van der Waals surface area contributed by atoms with Crippen molar-refractivity contribution in [2.24, 2.45) is 5.84 Å². The zero-order valence-corrected chi connectivity index (χ0v) is 10.8. The van der Waals surface area contributed by atoms with Crippen LogP contribution in [0.1, 0.15) is 16.1 Å². The zero-order valence-electron chi connectivity index (χ0n) is 10.0. The molecule has 3 rings (SSSR count). The van der Waals surface area contributed by atoms with Crippen molar-refractivity contribution in [2.45, 2.75) is 6.92 Å². The molecule has 1 aromatic carbocycles. The number of nitrogens with one attached hydrogen (secondary N) is 1. The topological polar surface area (TPSA) is 89.5 Å². The first-order chi connectivity index (χ1) is 9.10. The molecule has 0 spiro atoms. The van der Waals surface area contributed by atoms with Crippen molar-refractivity contribution in [1.82, 2.24) is 14.8 Å². The van der Waals surface area contributed by atoms with Gasteiger partial charge in [-0.3, -0.25) is 19.4 Å². The molecule has 0 aliphatic rings. The number of amides is 1. The van der Waals surface area contributed by atoms with Crippen molar-refractivity contribution in [1.29, 1.82) is 0 Å². The van der Waals surface area contributed by atoms with Gasteiger partial charge in [-0.25, -0.2) is 5.84 Å². The molecule has 6 nitrogen and oxygen atoms in total. The van der Waals surface area contributed by atoms with Crippen LogP contribution in [0.15, 0.2) is 29.1 Å². The fourth-order valence-corrected chi connectivity index (χ4v) is 3.12. The van der Waals surface area contributed by atoms with Gasteiger partial charge in [0.15, 0.2) is 4.96 Å². The van der Waals surface area contributed by atoms with E-state index in [4.69, 9.17) is 5.84 Å². The number of rotatable bonds is 1. The van der Waals surface area contributed by atoms with Gasteiger partial charge in [-0.2, -0.15) is 4.98 Å². The summed E-state index contributed by atoms with van der Waals surface area (Å²) in [6, 6.07) is 7.01. The van der Waals surface area contributed by atoms with Crippen molar-refractivity contribution >= 4 is 32.4 Å². The van der Waals surface area contributed by atoms with Crippen LogP contribution in [-0.2, 0) is 0 Å². The Morgan fingerprint density at radius 1 is 1.42 bits per heavy atom. The molecule has 3 N–H and O–H groups in total. The van der Waals surface area contributed by atoms with Crippen molar-refractivity contribution in [3.63, 3.8) is 0 Å². The lowest BCUT2D eigenvalue weighted by Crippen LogP contribution is -2.32. The Morgan fingerprint density at radius 2 is 2.21 bits per heavy atom. The number of benzene rings is 1. The first kappa shape index (κ1) is 11.8. The lowest BCUT2D eigenvalue weighted by Gasteiger charge is -2.03. The molecule has 96 valence electrons. The summed E-state index contributed by atoms with van der Waals surface area (Å²) in [4.78, 5) is 27.7. The molecule has 0 atom stereocenters. The van der Waals surface area contributed by atoms with Crippen LogP contribution in [0.4, 0.5) is 0 Å². The van der Waals surface area contributed by atoms with Crippen LogP contribution >= 0.6 is 11.3 Å². The minimum Gasteiger partial charge on any atom is -0.289 e. The normalized spacial score (nSPS) is 11.1. The summed E-state index contributed by atoms with van der Waals surface area (Å²) in [7, 11) is 0. The molecule has 0 saturated heterocycles. The maximum Gasteiger partial charge on any atom is 0.282 e. The number of thiazole rings is 1. The van der Waals surface area contributed by atoms with Gasteiger partial charge in [-0.1, -0.05) is 17.4 Å². The Balaban J connectivity index is 2.51. The second-order valence-corrected chi connectivity index (χ2v) is 5.15. The Morgan fingerprint density at radius 3 is 2.95 bits per heavy atom. The number of aryl methyl sites for hydroxylation is 1. The van der Waals surface area contributed by atoms with E-state index < -0.39 is 11.5 Å². The van der Waals surface area contributed by atoms with Gasteiger partial charge >= 0.3 is 0 Å². The number of hydrogen-bond acceptors (Lipinski definition) is 5. The molecule has 0 bridgehead atoms. The highest BCUT2D eigenvalue weighted by atomic mass is 32.1. The largest absolute Gasteiger partial charge is 0.289 e. The smallest absolute Gasteiger partial charge is 0.282 e. The van der Waals surface area contributed by atoms with Crippen molar-refractivity contribution in [2.75, 3.05) is 0 Å². The first-order valence-corrected chi connectivity index (χ1v) is 6.36. The van der Waals surface area contributed by atoms with Crippen LogP contribution < -0.4 is 16.8 Å². The van der Waals surface area contributed by atoms with Gasteiger partial charge in [0.25, 0.3) is 11.5 Å². The van der Waals surface area contributed by atoms with Crippen molar-refractivity contribution < 1.29 is 4.79 Å². The summed E-state index contributed by atoms with van der Waals surface area (Å²) < 4.78 is 2.60. The summed E-state index contributed by atoms with van der Waals surface area (Å²) in [5.74, 6) is 4.63. The van der Waals surface area contributed by atoms with Crippen molar-refractivity contribution in [3.8, 4) is 0 Å². The molecule has 19 heavy (non-hydrogen) atoms. The molecule has 7 heteroatoms. The number of aromatic nitrogens is 2. The molecule has 1 amide bonds. The fourth-order valence-electron chi connectivity index (χ4n) is 1.99. The molecule has 0 fully saturated rings. The summed E-state index contributed by atoms with van der Waals surface area (Å²) in [5.41, 5.74) is 3.71. The Bertz CT molecular complexity index is 865. The lowest BCUT2D eigenvalue weighted by molar-refractivity contribution is 0.0947. The number of fused-ring (bicyclic) bond motifs is 3. The fraction of sp³-hybridized carbons (Fsp3) is 0.0833. The zero-order chi connectivity index (χ0) is 13.6. The minimum atomic E-state index is -0.519. The van der Waals surface area contributed by atoms with Gasteiger partial charge in [-0.15, -0.1) is 0 Å². The standard InChI is InChI=1S/C12H10N4O2S/c1-6-2-3-7-9(4-6)19-12-14-10(17)5-8(16(7)12)11(18)15-13/h2-5H,13H2,1H3,(H,15,18). The van der Waals surface area contributed by atoms with Crippen LogP contribution in [0.25, 0.3) is 15.2 Å². The van der Waals surface area contributed by atoms with E-state index in [2.05, 4.69) is 4.98 Å². The number of hydrazine groups is 1. The van der Waals surface area contributed by atoms with Gasteiger partial charge in [0.1, 0.15) is 5.69 Å². The predicted molar refractivity (Wildman–Crippen MR) is 73.2 cm³/mol. The summed E-state index contributed by atoms with van der Waals surface area (Å²) in [5, 5.41) is 0. The van der Waals surface area contributed by atoms with Crippen molar-refractivity contribution in [3.05, 3.63) is 45.9 Å². The van der Waals surface area contributed by atoms with E-state index in [0.717, 1.165) is 15.8 Å². The van der Waals surface area contributed by atoms with Gasteiger partial charge in [0.05, 0.1) is 10.2 Å². The molecule has 2 heterocycles. The summed E-state index contributed by atoms with van der Waals surface area (Å²) in [6.07, 6.45) is 0. The SMILES string of the molecule is Cc1ccc2c(c1)sc1nc(=O)cc(C(=O)NN)n12. The maximum absolute atomic E-state index is 11.8. The van der Waals surface area contributed by atoms with Crippen LogP contribution in [-0.4, -0.2) is 15.3 Å². The van der Waals surface area contributed by atoms with E-state index in [1.54, 1.807) is 4.40 Å². The highest BCUT2D eigenvalue weighted by Crippen LogP contribution is 2.26. The molecule has 0 saturated carbocycles. The number of carbonyl (C=O) groups is 1. The van der Waals surface area contributed by atoms with Gasteiger partial charge in [-0.05, 0) is 24.6 Å². The van der Waals surface area contributed by atoms with Gasteiger partial charge < -0.3 is 0 Å². The van der Waals surface area contributed by atoms with E-state index in [9.17, 15) is 9.59 Å². The van der Waals surface area contributed by atoms with Gasteiger partial charge in [0.2, 0.25) is 0 Å². The Kier molecular flexibility index (Phi) is 2.58. The van der Waals surface area contributed by atoms with Crippen LogP contribution in [0, 0.1) is 6.92 Å². The molecule has 3 aromatic rings. The number of nitrogen functional groups attached to an aromatic ring is 1. The third-order valence-corrected chi connectivity index (χ3v) is 3.82. The maximum atomic E-state index is 11.8. The number of nitrogens with two attached hydrogens (primary N) is 1. The second kappa shape index (κ2) is 4.15. The summed E-state index contributed by atoms with van der Waals surface area (Å²) >= 11 is 1.36. The average Bonchev–Trinajstić information content (AvgIpc) is 2.73. The highest BCUT2D eigenvalue weighted by Gasteiger charge is 2.15. The summed E-state index contributed by atoms with van der Waals surface area (Å²) in [6.45, 7) is 1.98. The third kappa shape index (κ3) is 1.79. The van der Waals surface area contributed by atoms with E-state index in [0.29, 0.717) is 4.96 Å². The van der Waals surface area contributed by atoms with E-state index in [1.165, 1.54) is 17.4 Å². The molecule has 0 aliphatic carbocycles. The molecular formula is C12H10N4O2S. The van der Waals surface area contributed by atoms with Crippen LogP contribution in [0.5, 0.6) is 0 Å². The van der Waals surface area contributed by atoms with E-state index in [-0.39, 0.29) is 5.69 Å². The van der Waals surface area contributed by atoms with E-state index >= 15 is 0 Å². The monoisotopic (exact) mass is 274 g/mol. The minimum absolute atomic E-state index is 0.188.